The maximum atomic E-state index is 12.2. The zero-order valence-electron chi connectivity index (χ0n) is 11.6. The van der Waals surface area contributed by atoms with Crippen LogP contribution in [0.25, 0.3) is 0 Å². The summed E-state index contributed by atoms with van der Waals surface area (Å²) >= 11 is 0. The van der Waals surface area contributed by atoms with Crippen molar-refractivity contribution in [1.29, 1.82) is 0 Å². The van der Waals surface area contributed by atoms with Crippen LogP contribution >= 0.6 is 0 Å². The lowest BCUT2D eigenvalue weighted by Crippen LogP contribution is -2.49. The molecule has 0 aromatic carbocycles. The van der Waals surface area contributed by atoms with E-state index in [0.29, 0.717) is 32.8 Å². The monoisotopic (exact) mass is 266 g/mol. The summed E-state index contributed by atoms with van der Waals surface area (Å²) < 4.78 is 10.8. The summed E-state index contributed by atoms with van der Waals surface area (Å²) in [6, 6.07) is 3.73. The highest BCUT2D eigenvalue weighted by Gasteiger charge is 2.22. The number of nitrogens with one attached hydrogen (secondary N) is 1. The highest BCUT2D eigenvalue weighted by molar-refractivity contribution is 5.81. The van der Waals surface area contributed by atoms with Gasteiger partial charge in [0.05, 0.1) is 25.8 Å². The minimum absolute atomic E-state index is 0.130. The van der Waals surface area contributed by atoms with Gasteiger partial charge in [0.25, 0.3) is 0 Å². The van der Waals surface area contributed by atoms with Crippen LogP contribution in [0.2, 0.25) is 0 Å². The lowest BCUT2D eigenvalue weighted by molar-refractivity contribution is -0.137. The molecular weight excluding hydrogens is 244 g/mol. The molecule has 1 atom stereocenters. The number of rotatable bonds is 5. The molecule has 1 fully saturated rings. The molecule has 2 heterocycles. The third-order valence-electron chi connectivity index (χ3n) is 3.34. The fourth-order valence-corrected chi connectivity index (χ4v) is 2.11. The van der Waals surface area contributed by atoms with E-state index in [4.69, 9.17) is 9.15 Å². The molecule has 19 heavy (non-hydrogen) atoms. The SMILES string of the molecule is CCc1ccc(CNC(C)C(=O)N2CCOCC2)o1. The van der Waals surface area contributed by atoms with Crippen LogP contribution in [0.1, 0.15) is 25.4 Å². The van der Waals surface area contributed by atoms with E-state index < -0.39 is 0 Å². The van der Waals surface area contributed by atoms with E-state index in [9.17, 15) is 4.79 Å². The highest BCUT2D eigenvalue weighted by atomic mass is 16.5. The molecule has 0 bridgehead atoms. The van der Waals surface area contributed by atoms with Gasteiger partial charge in [-0.15, -0.1) is 0 Å². The molecule has 1 aliphatic rings. The van der Waals surface area contributed by atoms with Crippen LogP contribution < -0.4 is 5.32 Å². The molecule has 1 aromatic heterocycles. The average Bonchev–Trinajstić information content (AvgIpc) is 2.93. The third-order valence-corrected chi connectivity index (χ3v) is 3.34. The molecule has 1 aliphatic heterocycles. The van der Waals surface area contributed by atoms with E-state index in [1.807, 2.05) is 24.0 Å². The maximum absolute atomic E-state index is 12.2. The Kier molecular flexibility index (Phi) is 4.99. The number of carbonyl (C=O) groups excluding carboxylic acids is 1. The molecule has 0 radical (unpaired) electrons. The second kappa shape index (κ2) is 6.73. The fraction of sp³-hybridized carbons (Fsp3) is 0.643. The van der Waals surface area contributed by atoms with E-state index in [0.717, 1.165) is 17.9 Å². The van der Waals surface area contributed by atoms with Gasteiger partial charge >= 0.3 is 0 Å². The predicted octanol–water partition coefficient (Wildman–Crippen LogP) is 1.18. The topological polar surface area (TPSA) is 54.7 Å². The first-order chi connectivity index (χ1) is 9.20. The maximum Gasteiger partial charge on any atom is 0.239 e. The Labute approximate surface area is 113 Å². The van der Waals surface area contributed by atoms with Gasteiger partial charge in [-0.3, -0.25) is 10.1 Å². The zero-order chi connectivity index (χ0) is 13.7. The van der Waals surface area contributed by atoms with E-state index in [1.165, 1.54) is 0 Å². The molecule has 1 amide bonds. The molecule has 5 nitrogen and oxygen atoms in total. The first kappa shape index (κ1) is 14.1. The molecule has 2 rings (SSSR count). The number of morpholine rings is 1. The average molecular weight is 266 g/mol. The number of hydrogen-bond acceptors (Lipinski definition) is 4. The van der Waals surface area contributed by atoms with Crippen molar-refractivity contribution in [1.82, 2.24) is 10.2 Å². The predicted molar refractivity (Wildman–Crippen MR) is 71.8 cm³/mol. The van der Waals surface area contributed by atoms with Gasteiger partial charge in [0.2, 0.25) is 5.91 Å². The minimum Gasteiger partial charge on any atom is -0.465 e. The lowest BCUT2D eigenvalue weighted by Gasteiger charge is -2.29. The molecule has 1 unspecified atom stereocenters. The van der Waals surface area contributed by atoms with Crippen molar-refractivity contribution in [3.63, 3.8) is 0 Å². The van der Waals surface area contributed by atoms with Crippen LogP contribution in [-0.2, 0) is 22.5 Å². The van der Waals surface area contributed by atoms with Crippen LogP contribution in [0, 0.1) is 0 Å². The Morgan fingerprint density at radius 3 is 2.68 bits per heavy atom. The van der Waals surface area contributed by atoms with E-state index >= 15 is 0 Å². The van der Waals surface area contributed by atoms with Crippen molar-refractivity contribution in [2.24, 2.45) is 0 Å². The van der Waals surface area contributed by atoms with Crippen molar-refractivity contribution in [2.45, 2.75) is 32.9 Å². The number of hydrogen-bond donors (Lipinski definition) is 1. The second-order valence-corrected chi connectivity index (χ2v) is 4.76. The zero-order valence-corrected chi connectivity index (χ0v) is 11.6. The van der Waals surface area contributed by atoms with E-state index in [-0.39, 0.29) is 11.9 Å². The summed E-state index contributed by atoms with van der Waals surface area (Å²) in [5.41, 5.74) is 0. The van der Waals surface area contributed by atoms with Gasteiger partial charge in [-0.25, -0.2) is 0 Å². The van der Waals surface area contributed by atoms with Crippen LogP contribution in [0.15, 0.2) is 16.5 Å². The van der Waals surface area contributed by atoms with Gasteiger partial charge in [0, 0.05) is 19.5 Å². The van der Waals surface area contributed by atoms with Gasteiger partial charge in [-0.05, 0) is 19.1 Å². The summed E-state index contributed by atoms with van der Waals surface area (Å²) in [7, 11) is 0. The molecule has 0 saturated carbocycles. The van der Waals surface area contributed by atoms with Gasteiger partial charge in [-0.1, -0.05) is 6.92 Å². The van der Waals surface area contributed by atoms with E-state index in [1.54, 1.807) is 0 Å². The summed E-state index contributed by atoms with van der Waals surface area (Å²) in [6.45, 7) is 7.17. The Balaban J connectivity index is 1.79. The normalized spacial score (nSPS) is 17.5. The number of aryl methyl sites for hydroxylation is 1. The van der Waals surface area contributed by atoms with Crippen LogP contribution in [0.3, 0.4) is 0 Å². The largest absolute Gasteiger partial charge is 0.465 e. The van der Waals surface area contributed by atoms with Crippen molar-refractivity contribution in [2.75, 3.05) is 26.3 Å². The van der Waals surface area contributed by atoms with Crippen LogP contribution in [-0.4, -0.2) is 43.2 Å². The smallest absolute Gasteiger partial charge is 0.239 e. The number of furan rings is 1. The minimum atomic E-state index is -0.201. The number of carbonyl (C=O) groups is 1. The van der Waals surface area contributed by atoms with Crippen LogP contribution in [0.5, 0.6) is 0 Å². The summed E-state index contributed by atoms with van der Waals surface area (Å²) in [4.78, 5) is 14.0. The van der Waals surface area contributed by atoms with Crippen molar-refractivity contribution in [3.8, 4) is 0 Å². The number of nitrogens with zero attached hydrogens (tertiary/aromatic N) is 1. The molecule has 1 aromatic rings. The summed E-state index contributed by atoms with van der Waals surface area (Å²) in [5.74, 6) is 1.98. The highest BCUT2D eigenvalue weighted by Crippen LogP contribution is 2.08. The third kappa shape index (κ3) is 3.81. The molecular formula is C14H22N2O3. The standard InChI is InChI=1S/C14H22N2O3/c1-3-12-4-5-13(19-12)10-15-11(2)14(17)16-6-8-18-9-7-16/h4-5,11,15H,3,6-10H2,1-2H3. The Bertz CT molecular complexity index is 411. The van der Waals surface area contributed by atoms with Crippen molar-refractivity contribution >= 4 is 5.91 Å². The molecule has 0 spiro atoms. The van der Waals surface area contributed by atoms with Gasteiger partial charge in [0.15, 0.2) is 0 Å². The molecule has 106 valence electrons. The summed E-state index contributed by atoms with van der Waals surface area (Å²) in [6.07, 6.45) is 0.891. The fourth-order valence-electron chi connectivity index (χ4n) is 2.11. The molecule has 5 heteroatoms. The van der Waals surface area contributed by atoms with Gasteiger partial charge in [-0.2, -0.15) is 0 Å². The molecule has 1 N–H and O–H groups in total. The van der Waals surface area contributed by atoms with Gasteiger partial charge < -0.3 is 14.1 Å². The quantitative estimate of drug-likeness (QED) is 0.869. The Hall–Kier alpha value is -1.33. The van der Waals surface area contributed by atoms with Gasteiger partial charge in [0.1, 0.15) is 11.5 Å². The first-order valence-electron chi connectivity index (χ1n) is 6.88. The van der Waals surface area contributed by atoms with Crippen molar-refractivity contribution < 1.29 is 13.9 Å². The summed E-state index contributed by atoms with van der Waals surface area (Å²) in [5, 5.41) is 3.21. The van der Waals surface area contributed by atoms with E-state index in [2.05, 4.69) is 12.2 Å². The first-order valence-corrected chi connectivity index (χ1v) is 6.88. The number of amides is 1. The molecule has 1 saturated heterocycles. The number of ether oxygens (including phenoxy) is 1. The van der Waals surface area contributed by atoms with Crippen molar-refractivity contribution in [3.05, 3.63) is 23.7 Å². The molecule has 0 aliphatic carbocycles. The second-order valence-electron chi connectivity index (χ2n) is 4.76. The van der Waals surface area contributed by atoms with Crippen LogP contribution in [0.4, 0.5) is 0 Å². The lowest BCUT2D eigenvalue weighted by atomic mass is 10.2. The Morgan fingerprint density at radius 2 is 2.05 bits per heavy atom. The Morgan fingerprint density at radius 1 is 1.37 bits per heavy atom.